The lowest BCUT2D eigenvalue weighted by molar-refractivity contribution is -0.149. The van der Waals surface area contributed by atoms with Crippen molar-refractivity contribution in [1.29, 1.82) is 0 Å². The first-order valence-corrected chi connectivity index (χ1v) is 4.13. The topological polar surface area (TPSA) is 58.6 Å². The minimum absolute atomic E-state index is 0.484. The summed E-state index contributed by atoms with van der Waals surface area (Å²) in [6, 6.07) is 0. The maximum Gasteiger partial charge on any atom is 0.274 e. The summed E-state index contributed by atoms with van der Waals surface area (Å²) in [5.41, 5.74) is 0.800. The minimum atomic E-state index is -1.37. The molecule has 0 spiro atoms. The summed E-state index contributed by atoms with van der Waals surface area (Å²) in [5, 5.41) is 9.15. The first-order valence-electron chi connectivity index (χ1n) is 4.13. The van der Waals surface area contributed by atoms with E-state index in [-0.39, 0.29) is 0 Å². The van der Waals surface area contributed by atoms with Gasteiger partial charge in [-0.3, -0.25) is 9.63 Å². The molecule has 0 radical (unpaired) electrons. The largest absolute Gasteiger partial charge is 0.381 e. The van der Waals surface area contributed by atoms with Gasteiger partial charge in [-0.25, -0.2) is 5.48 Å². The predicted octanol–water partition coefficient (Wildman–Crippen LogP) is 0.605. The van der Waals surface area contributed by atoms with E-state index < -0.39 is 11.5 Å². The molecule has 2 N–H and O–H groups in total. The molecule has 72 valence electrons. The van der Waals surface area contributed by atoms with E-state index >= 15 is 0 Å². The molecular weight excluding hydrogens is 158 g/mol. The van der Waals surface area contributed by atoms with E-state index in [1.54, 1.807) is 0 Å². The highest BCUT2D eigenvalue weighted by Gasteiger charge is 2.23. The molecule has 0 rings (SSSR count). The van der Waals surface area contributed by atoms with Gasteiger partial charge in [0, 0.05) is 0 Å². The summed E-state index contributed by atoms with van der Waals surface area (Å²) in [6.45, 7) is 5.33. The molecule has 0 unspecified atom stereocenters. The van der Waals surface area contributed by atoms with Gasteiger partial charge in [-0.2, -0.15) is 0 Å². The fourth-order valence-corrected chi connectivity index (χ4v) is 0.458. The highest BCUT2D eigenvalue weighted by Crippen LogP contribution is 1.99. The van der Waals surface area contributed by atoms with E-state index in [0.717, 1.165) is 12.8 Å². The van der Waals surface area contributed by atoms with E-state index in [9.17, 15) is 4.79 Å². The van der Waals surface area contributed by atoms with Crippen LogP contribution < -0.4 is 5.48 Å². The van der Waals surface area contributed by atoms with Crippen molar-refractivity contribution >= 4 is 5.91 Å². The fraction of sp³-hybridized carbons (Fsp3) is 0.875. The Kier molecular flexibility index (Phi) is 4.85. The van der Waals surface area contributed by atoms with Crippen molar-refractivity contribution in [2.75, 3.05) is 6.61 Å². The molecule has 4 nitrogen and oxygen atoms in total. The lowest BCUT2D eigenvalue weighted by atomic mass is 10.1. The van der Waals surface area contributed by atoms with Crippen molar-refractivity contribution in [3.63, 3.8) is 0 Å². The highest BCUT2D eigenvalue weighted by molar-refractivity contribution is 5.82. The SMILES string of the molecule is CCCCONC(=O)C(C)(C)O. The Labute approximate surface area is 72.9 Å². The molecule has 0 fully saturated rings. The molecule has 0 aromatic rings. The number of hydrogen-bond acceptors (Lipinski definition) is 3. The molecule has 0 atom stereocenters. The smallest absolute Gasteiger partial charge is 0.274 e. The molecule has 0 saturated carbocycles. The normalized spacial score (nSPS) is 11.3. The number of hydrogen-bond donors (Lipinski definition) is 2. The van der Waals surface area contributed by atoms with E-state index in [1.165, 1.54) is 13.8 Å². The Bertz CT molecular complexity index is 140. The number of amides is 1. The number of unbranched alkanes of at least 4 members (excludes halogenated alkanes) is 1. The van der Waals surface area contributed by atoms with Crippen LogP contribution in [0.2, 0.25) is 0 Å². The van der Waals surface area contributed by atoms with Gasteiger partial charge in [-0.1, -0.05) is 13.3 Å². The van der Waals surface area contributed by atoms with Crippen molar-refractivity contribution in [2.24, 2.45) is 0 Å². The minimum Gasteiger partial charge on any atom is -0.381 e. The van der Waals surface area contributed by atoms with E-state index in [0.29, 0.717) is 6.61 Å². The van der Waals surface area contributed by atoms with Crippen LogP contribution in [0.4, 0.5) is 0 Å². The average Bonchev–Trinajstić information content (AvgIpc) is 1.96. The van der Waals surface area contributed by atoms with Crippen molar-refractivity contribution in [2.45, 2.75) is 39.2 Å². The van der Waals surface area contributed by atoms with Crippen LogP contribution in [0.5, 0.6) is 0 Å². The number of hydroxylamine groups is 1. The molecule has 4 heteroatoms. The molecule has 0 saturated heterocycles. The van der Waals surface area contributed by atoms with Crippen molar-refractivity contribution in [3.05, 3.63) is 0 Å². The van der Waals surface area contributed by atoms with Gasteiger partial charge < -0.3 is 5.11 Å². The lowest BCUT2D eigenvalue weighted by Crippen LogP contribution is -2.42. The van der Waals surface area contributed by atoms with Crippen LogP contribution in [0.3, 0.4) is 0 Å². The molecule has 0 aliphatic carbocycles. The molecular formula is C8H17NO3. The molecule has 0 bridgehead atoms. The molecule has 0 aromatic heterocycles. The lowest BCUT2D eigenvalue weighted by Gasteiger charge is -2.15. The van der Waals surface area contributed by atoms with Crippen LogP contribution in [0, 0.1) is 0 Å². The molecule has 0 aromatic carbocycles. The quantitative estimate of drug-likeness (QED) is 0.475. The van der Waals surface area contributed by atoms with Crippen LogP contribution in [0.15, 0.2) is 0 Å². The van der Waals surface area contributed by atoms with Crippen LogP contribution in [-0.2, 0) is 9.63 Å². The summed E-state index contributed by atoms with van der Waals surface area (Å²) >= 11 is 0. The number of rotatable bonds is 5. The Balaban J connectivity index is 3.45. The van der Waals surface area contributed by atoms with Crippen LogP contribution in [-0.4, -0.2) is 23.2 Å². The molecule has 0 aliphatic heterocycles. The standard InChI is InChI=1S/C8H17NO3/c1-4-5-6-12-9-7(10)8(2,3)11/h11H,4-6H2,1-3H3,(H,9,10). The Morgan fingerprint density at radius 3 is 2.58 bits per heavy atom. The van der Waals surface area contributed by atoms with Gasteiger partial charge in [0.15, 0.2) is 0 Å². The zero-order chi connectivity index (χ0) is 9.61. The van der Waals surface area contributed by atoms with Gasteiger partial charge in [0.25, 0.3) is 5.91 Å². The number of aliphatic hydroxyl groups is 1. The van der Waals surface area contributed by atoms with Gasteiger partial charge in [-0.15, -0.1) is 0 Å². The van der Waals surface area contributed by atoms with Gasteiger partial charge in [0.1, 0.15) is 5.60 Å². The van der Waals surface area contributed by atoms with Gasteiger partial charge in [0.05, 0.1) is 6.61 Å². The van der Waals surface area contributed by atoms with Gasteiger partial charge in [-0.05, 0) is 20.3 Å². The molecule has 1 amide bonds. The number of carbonyl (C=O) groups excluding carboxylic acids is 1. The second-order valence-electron chi connectivity index (χ2n) is 3.19. The summed E-state index contributed by atoms with van der Waals surface area (Å²) in [4.78, 5) is 15.7. The maximum absolute atomic E-state index is 10.9. The van der Waals surface area contributed by atoms with Crippen LogP contribution >= 0.6 is 0 Å². The highest BCUT2D eigenvalue weighted by atomic mass is 16.7. The zero-order valence-corrected chi connectivity index (χ0v) is 7.89. The molecule has 0 heterocycles. The van der Waals surface area contributed by atoms with Crippen molar-refractivity contribution in [1.82, 2.24) is 5.48 Å². The van der Waals surface area contributed by atoms with Crippen LogP contribution in [0.25, 0.3) is 0 Å². The average molecular weight is 175 g/mol. The number of nitrogens with one attached hydrogen (secondary N) is 1. The summed E-state index contributed by atoms with van der Waals surface area (Å²) in [7, 11) is 0. The van der Waals surface area contributed by atoms with Crippen molar-refractivity contribution < 1.29 is 14.7 Å². The molecule has 12 heavy (non-hydrogen) atoms. The van der Waals surface area contributed by atoms with Crippen LogP contribution in [0.1, 0.15) is 33.6 Å². The van der Waals surface area contributed by atoms with E-state index in [2.05, 4.69) is 5.48 Å². The summed E-state index contributed by atoms with van der Waals surface area (Å²) in [5.74, 6) is -0.515. The van der Waals surface area contributed by atoms with E-state index in [1.807, 2.05) is 6.92 Å². The van der Waals surface area contributed by atoms with E-state index in [4.69, 9.17) is 9.94 Å². The summed E-state index contributed by atoms with van der Waals surface area (Å²) in [6.07, 6.45) is 1.91. The monoisotopic (exact) mass is 175 g/mol. The van der Waals surface area contributed by atoms with Gasteiger partial charge in [0.2, 0.25) is 0 Å². The third kappa shape index (κ3) is 5.09. The Morgan fingerprint density at radius 1 is 1.58 bits per heavy atom. The second-order valence-corrected chi connectivity index (χ2v) is 3.19. The zero-order valence-electron chi connectivity index (χ0n) is 7.89. The third-order valence-corrected chi connectivity index (χ3v) is 1.32. The first kappa shape index (κ1) is 11.4. The fourth-order valence-electron chi connectivity index (χ4n) is 0.458. The summed E-state index contributed by atoms with van der Waals surface area (Å²) < 4.78 is 0. The Hall–Kier alpha value is -0.610. The number of carbonyl (C=O) groups is 1. The second kappa shape index (κ2) is 5.11. The third-order valence-electron chi connectivity index (χ3n) is 1.32. The van der Waals surface area contributed by atoms with Gasteiger partial charge >= 0.3 is 0 Å². The first-order chi connectivity index (χ1) is 5.48. The maximum atomic E-state index is 10.9. The Morgan fingerprint density at radius 2 is 2.17 bits per heavy atom. The van der Waals surface area contributed by atoms with Crippen molar-refractivity contribution in [3.8, 4) is 0 Å². The predicted molar refractivity (Wildman–Crippen MR) is 45.3 cm³/mol. The molecule has 0 aliphatic rings.